The first-order valence-electron chi connectivity index (χ1n) is 5.00. The van der Waals surface area contributed by atoms with Gasteiger partial charge in [-0.05, 0) is 24.6 Å². The van der Waals surface area contributed by atoms with Gasteiger partial charge in [-0.1, -0.05) is 11.6 Å². The summed E-state index contributed by atoms with van der Waals surface area (Å²) in [4.78, 5) is 11.7. The summed E-state index contributed by atoms with van der Waals surface area (Å²) in [7, 11) is 0. The fourth-order valence-electron chi connectivity index (χ4n) is 1.56. The van der Waals surface area contributed by atoms with Crippen molar-refractivity contribution < 1.29 is 13.9 Å². The van der Waals surface area contributed by atoms with Gasteiger partial charge in [0.15, 0.2) is 0 Å². The highest BCUT2D eigenvalue weighted by Crippen LogP contribution is 2.20. The van der Waals surface area contributed by atoms with Crippen molar-refractivity contribution in [3.63, 3.8) is 0 Å². The molecule has 0 spiro atoms. The highest BCUT2D eigenvalue weighted by Gasteiger charge is 2.23. The average molecular weight is 244 g/mol. The molecule has 2 rings (SSSR count). The molecule has 1 heterocycles. The Morgan fingerprint density at radius 3 is 3.00 bits per heavy atom. The highest BCUT2D eigenvalue weighted by atomic mass is 35.5. The molecule has 0 aliphatic carbocycles. The number of carbonyl (C=O) groups is 1. The van der Waals surface area contributed by atoms with Crippen LogP contribution in [-0.4, -0.2) is 19.1 Å². The highest BCUT2D eigenvalue weighted by molar-refractivity contribution is 6.30. The summed E-state index contributed by atoms with van der Waals surface area (Å²) in [6.07, 6.45) is 0.710. The predicted octanol–water partition coefficient (Wildman–Crippen LogP) is 2.45. The molecule has 1 amide bonds. The van der Waals surface area contributed by atoms with Crippen molar-refractivity contribution >= 4 is 23.2 Å². The summed E-state index contributed by atoms with van der Waals surface area (Å²) in [5.74, 6) is -0.819. The largest absolute Gasteiger partial charge is 0.381 e. The lowest BCUT2D eigenvalue weighted by Gasteiger charge is -2.09. The summed E-state index contributed by atoms with van der Waals surface area (Å²) in [5.41, 5.74) is 0.416. The first kappa shape index (κ1) is 11.4. The van der Waals surface area contributed by atoms with Crippen molar-refractivity contribution in [3.05, 3.63) is 29.0 Å². The van der Waals surface area contributed by atoms with E-state index in [4.69, 9.17) is 16.3 Å². The van der Waals surface area contributed by atoms with Crippen LogP contribution in [0.5, 0.6) is 0 Å². The second-order valence-corrected chi connectivity index (χ2v) is 4.09. The predicted molar refractivity (Wildman–Crippen MR) is 59.0 cm³/mol. The van der Waals surface area contributed by atoms with Crippen LogP contribution < -0.4 is 5.32 Å². The number of halogens is 2. The summed E-state index contributed by atoms with van der Waals surface area (Å²) in [6, 6.07) is 4.19. The van der Waals surface area contributed by atoms with Gasteiger partial charge in [-0.3, -0.25) is 4.79 Å². The van der Waals surface area contributed by atoms with Crippen molar-refractivity contribution in [2.75, 3.05) is 18.5 Å². The van der Waals surface area contributed by atoms with Crippen LogP contribution in [0.3, 0.4) is 0 Å². The fourth-order valence-corrected chi connectivity index (χ4v) is 1.68. The van der Waals surface area contributed by atoms with E-state index in [2.05, 4.69) is 5.32 Å². The second-order valence-electron chi connectivity index (χ2n) is 3.68. The van der Waals surface area contributed by atoms with Gasteiger partial charge in [0.1, 0.15) is 5.82 Å². The molecule has 0 radical (unpaired) electrons. The van der Waals surface area contributed by atoms with Gasteiger partial charge in [0.05, 0.1) is 17.5 Å². The molecule has 86 valence electrons. The number of benzene rings is 1. The fraction of sp³-hybridized carbons (Fsp3) is 0.364. The number of hydrogen-bond donors (Lipinski definition) is 1. The summed E-state index contributed by atoms with van der Waals surface area (Å²) in [6.45, 7) is 1.04. The second kappa shape index (κ2) is 4.80. The van der Waals surface area contributed by atoms with Gasteiger partial charge in [0, 0.05) is 12.3 Å². The van der Waals surface area contributed by atoms with Gasteiger partial charge in [0.25, 0.3) is 0 Å². The van der Waals surface area contributed by atoms with E-state index in [1.54, 1.807) is 6.07 Å². The maximum atomic E-state index is 13.1. The minimum atomic E-state index is -0.540. The Morgan fingerprint density at radius 2 is 2.38 bits per heavy atom. The molecule has 1 N–H and O–H groups in total. The van der Waals surface area contributed by atoms with Crippen LogP contribution in [0.1, 0.15) is 6.42 Å². The summed E-state index contributed by atoms with van der Waals surface area (Å²) >= 11 is 5.54. The monoisotopic (exact) mass is 243 g/mol. The van der Waals surface area contributed by atoms with Gasteiger partial charge >= 0.3 is 0 Å². The lowest BCUT2D eigenvalue weighted by Crippen LogP contribution is -2.22. The Morgan fingerprint density at radius 1 is 1.56 bits per heavy atom. The molecule has 1 saturated heterocycles. The van der Waals surface area contributed by atoms with Crippen LogP contribution >= 0.6 is 11.6 Å². The molecule has 1 fully saturated rings. The van der Waals surface area contributed by atoms with E-state index in [1.165, 1.54) is 12.1 Å². The molecule has 1 atom stereocenters. The van der Waals surface area contributed by atoms with Gasteiger partial charge in [-0.25, -0.2) is 4.39 Å². The Hall–Kier alpha value is -1.13. The first-order chi connectivity index (χ1) is 7.66. The topological polar surface area (TPSA) is 38.3 Å². The molecule has 1 aromatic carbocycles. The van der Waals surface area contributed by atoms with Crippen LogP contribution in [-0.2, 0) is 9.53 Å². The summed E-state index contributed by atoms with van der Waals surface area (Å²) < 4.78 is 18.2. The number of nitrogens with one attached hydrogen (secondary N) is 1. The molecular formula is C11H11ClFNO2. The van der Waals surface area contributed by atoms with Crippen molar-refractivity contribution in [2.45, 2.75) is 6.42 Å². The Balaban J connectivity index is 2.02. The third-order valence-electron chi connectivity index (χ3n) is 2.49. The standard InChI is InChI=1S/C11H11ClFNO2/c12-9-2-1-8(5-10(9)13)14-11(15)7-3-4-16-6-7/h1-2,5,7H,3-4,6H2,(H,14,15). The van der Waals surface area contributed by atoms with Crippen LogP contribution in [0.4, 0.5) is 10.1 Å². The van der Waals surface area contributed by atoms with Gasteiger partial charge < -0.3 is 10.1 Å². The third-order valence-corrected chi connectivity index (χ3v) is 2.79. The normalized spacial score (nSPS) is 19.8. The molecular weight excluding hydrogens is 233 g/mol. The Kier molecular flexibility index (Phi) is 3.41. The molecule has 5 heteroatoms. The number of anilines is 1. The van der Waals surface area contributed by atoms with Crippen LogP contribution in [0, 0.1) is 11.7 Å². The van der Waals surface area contributed by atoms with Crippen LogP contribution in [0.2, 0.25) is 5.02 Å². The van der Waals surface area contributed by atoms with E-state index < -0.39 is 5.82 Å². The van der Waals surface area contributed by atoms with Crippen molar-refractivity contribution in [1.29, 1.82) is 0 Å². The van der Waals surface area contributed by atoms with Crippen molar-refractivity contribution in [2.24, 2.45) is 5.92 Å². The zero-order valence-corrected chi connectivity index (χ0v) is 9.26. The lowest BCUT2D eigenvalue weighted by atomic mass is 10.1. The van der Waals surface area contributed by atoms with E-state index in [0.29, 0.717) is 25.3 Å². The molecule has 0 saturated carbocycles. The molecule has 1 aliphatic rings. The quantitative estimate of drug-likeness (QED) is 0.867. The molecule has 1 aromatic rings. The third kappa shape index (κ3) is 2.51. The van der Waals surface area contributed by atoms with Gasteiger partial charge in [-0.15, -0.1) is 0 Å². The molecule has 16 heavy (non-hydrogen) atoms. The molecule has 0 aromatic heterocycles. The number of carbonyl (C=O) groups excluding carboxylic acids is 1. The minimum Gasteiger partial charge on any atom is -0.381 e. The number of hydrogen-bond acceptors (Lipinski definition) is 2. The Labute approximate surface area is 97.5 Å². The SMILES string of the molecule is O=C(Nc1ccc(Cl)c(F)c1)C1CCOC1. The van der Waals surface area contributed by atoms with Crippen molar-refractivity contribution in [3.8, 4) is 0 Å². The Bertz CT molecular complexity index is 405. The van der Waals surface area contributed by atoms with Gasteiger partial charge in [-0.2, -0.15) is 0 Å². The lowest BCUT2D eigenvalue weighted by molar-refractivity contribution is -0.119. The molecule has 1 aliphatic heterocycles. The van der Waals surface area contributed by atoms with E-state index in [0.717, 1.165) is 0 Å². The maximum absolute atomic E-state index is 13.1. The van der Waals surface area contributed by atoms with E-state index >= 15 is 0 Å². The maximum Gasteiger partial charge on any atom is 0.229 e. The van der Waals surface area contributed by atoms with Gasteiger partial charge in [0.2, 0.25) is 5.91 Å². The van der Waals surface area contributed by atoms with Crippen molar-refractivity contribution in [1.82, 2.24) is 0 Å². The zero-order valence-electron chi connectivity index (χ0n) is 8.50. The smallest absolute Gasteiger partial charge is 0.229 e. The van der Waals surface area contributed by atoms with Crippen LogP contribution in [0.15, 0.2) is 18.2 Å². The first-order valence-corrected chi connectivity index (χ1v) is 5.38. The number of rotatable bonds is 2. The number of ether oxygens (including phenoxy) is 1. The minimum absolute atomic E-state index is 0.0437. The molecule has 3 nitrogen and oxygen atoms in total. The molecule has 0 bridgehead atoms. The summed E-state index contributed by atoms with van der Waals surface area (Å²) in [5, 5.41) is 2.68. The van der Waals surface area contributed by atoms with E-state index in [1.807, 2.05) is 0 Å². The van der Waals surface area contributed by atoms with Crippen LogP contribution in [0.25, 0.3) is 0 Å². The molecule has 1 unspecified atom stereocenters. The zero-order chi connectivity index (χ0) is 11.5. The average Bonchev–Trinajstić information content (AvgIpc) is 2.77. The van der Waals surface area contributed by atoms with E-state index in [9.17, 15) is 9.18 Å². The number of amides is 1. The van der Waals surface area contributed by atoms with E-state index in [-0.39, 0.29) is 16.8 Å².